The molecule has 4 nitrogen and oxygen atoms in total. The van der Waals surface area contributed by atoms with Crippen molar-refractivity contribution in [2.24, 2.45) is 0 Å². The fraction of sp³-hybridized carbons (Fsp3) is 0.500. The molecule has 0 spiro atoms. The van der Waals surface area contributed by atoms with Crippen LogP contribution in [0.4, 0.5) is 0 Å². The van der Waals surface area contributed by atoms with Crippen molar-refractivity contribution in [3.63, 3.8) is 0 Å². The molecule has 0 saturated carbocycles. The number of aromatic nitrogens is 2. The molecule has 0 amide bonds. The summed E-state index contributed by atoms with van der Waals surface area (Å²) in [7, 11) is 0. The molecule has 1 aliphatic rings. The Morgan fingerprint density at radius 3 is 2.71 bits per heavy atom. The standard InChI is InChI=1S/C16H21N3OS/c1-12-4-3-5-15(10-12)21-14-6-8-19(9-7-14)11-16-13(2)17-20-18-16/h3-5,10,14H,6-9,11H2,1-2H3. The smallest absolute Gasteiger partial charge is 0.122 e. The molecule has 1 fully saturated rings. The maximum absolute atomic E-state index is 4.77. The van der Waals surface area contributed by atoms with Crippen LogP contribution in [0.3, 0.4) is 0 Å². The maximum Gasteiger partial charge on any atom is 0.122 e. The lowest BCUT2D eigenvalue weighted by molar-refractivity contribution is 0.216. The Hall–Kier alpha value is -1.33. The third-order valence-corrected chi connectivity index (χ3v) is 5.28. The van der Waals surface area contributed by atoms with Crippen LogP contribution in [-0.2, 0) is 6.54 Å². The van der Waals surface area contributed by atoms with E-state index in [4.69, 9.17) is 4.63 Å². The van der Waals surface area contributed by atoms with Gasteiger partial charge in [0.05, 0.1) is 0 Å². The molecule has 0 radical (unpaired) electrons. The second-order valence-corrected chi connectivity index (χ2v) is 7.08. The van der Waals surface area contributed by atoms with Crippen molar-refractivity contribution < 1.29 is 4.63 Å². The molecule has 2 aromatic rings. The number of piperidine rings is 1. The minimum absolute atomic E-state index is 0.722. The summed E-state index contributed by atoms with van der Waals surface area (Å²) in [5.74, 6) is 0. The molecular formula is C16H21N3OS. The van der Waals surface area contributed by atoms with Gasteiger partial charge in [-0.1, -0.05) is 28.0 Å². The van der Waals surface area contributed by atoms with E-state index in [0.29, 0.717) is 0 Å². The third kappa shape index (κ3) is 3.86. The maximum atomic E-state index is 4.77. The van der Waals surface area contributed by atoms with E-state index in [1.54, 1.807) is 0 Å². The van der Waals surface area contributed by atoms with E-state index < -0.39 is 0 Å². The summed E-state index contributed by atoms with van der Waals surface area (Å²) in [6.45, 7) is 7.20. The molecule has 1 aliphatic heterocycles. The first kappa shape index (κ1) is 14.6. The number of hydrogen-bond donors (Lipinski definition) is 0. The summed E-state index contributed by atoms with van der Waals surface area (Å²) in [5.41, 5.74) is 3.22. The number of hydrogen-bond acceptors (Lipinski definition) is 5. The van der Waals surface area contributed by atoms with Gasteiger partial charge in [0.1, 0.15) is 11.4 Å². The molecular weight excluding hydrogens is 282 g/mol. The largest absolute Gasteiger partial charge is 0.297 e. The summed E-state index contributed by atoms with van der Waals surface area (Å²) in [6, 6.07) is 8.80. The van der Waals surface area contributed by atoms with Crippen LogP contribution in [0, 0.1) is 13.8 Å². The second-order valence-electron chi connectivity index (χ2n) is 5.71. The molecule has 3 rings (SSSR count). The third-order valence-electron chi connectivity index (χ3n) is 3.95. The Morgan fingerprint density at radius 2 is 2.05 bits per heavy atom. The van der Waals surface area contributed by atoms with E-state index in [0.717, 1.165) is 36.3 Å². The highest BCUT2D eigenvalue weighted by molar-refractivity contribution is 8.00. The first-order valence-electron chi connectivity index (χ1n) is 7.44. The predicted octanol–water partition coefficient (Wildman–Crippen LogP) is 3.44. The summed E-state index contributed by atoms with van der Waals surface area (Å²) in [4.78, 5) is 3.84. The van der Waals surface area contributed by atoms with Crippen LogP contribution < -0.4 is 0 Å². The lowest BCUT2D eigenvalue weighted by atomic mass is 10.1. The minimum atomic E-state index is 0.722. The molecule has 1 saturated heterocycles. The van der Waals surface area contributed by atoms with E-state index in [1.165, 1.54) is 23.3 Å². The van der Waals surface area contributed by atoms with Crippen molar-refractivity contribution in [2.75, 3.05) is 13.1 Å². The summed E-state index contributed by atoms with van der Waals surface area (Å²) >= 11 is 2.02. The quantitative estimate of drug-likeness (QED) is 0.865. The number of rotatable bonds is 4. The highest BCUT2D eigenvalue weighted by Crippen LogP contribution is 2.31. The van der Waals surface area contributed by atoms with Crippen LogP contribution in [0.1, 0.15) is 29.8 Å². The zero-order valence-electron chi connectivity index (χ0n) is 12.6. The lowest BCUT2D eigenvalue weighted by Crippen LogP contribution is -2.34. The molecule has 112 valence electrons. The first-order chi connectivity index (χ1) is 10.2. The molecule has 21 heavy (non-hydrogen) atoms. The zero-order chi connectivity index (χ0) is 14.7. The highest BCUT2D eigenvalue weighted by atomic mass is 32.2. The fourth-order valence-corrected chi connectivity index (χ4v) is 3.91. The van der Waals surface area contributed by atoms with Gasteiger partial charge in [0, 0.05) is 16.7 Å². The van der Waals surface area contributed by atoms with Crippen molar-refractivity contribution in [3.05, 3.63) is 41.2 Å². The molecule has 0 aliphatic carbocycles. The summed E-state index contributed by atoms with van der Waals surface area (Å²) in [5, 5.41) is 8.54. The van der Waals surface area contributed by atoms with Gasteiger partial charge in [-0.3, -0.25) is 4.90 Å². The van der Waals surface area contributed by atoms with E-state index in [9.17, 15) is 0 Å². The Balaban J connectivity index is 1.50. The van der Waals surface area contributed by atoms with E-state index in [1.807, 2.05) is 18.7 Å². The monoisotopic (exact) mass is 303 g/mol. The Morgan fingerprint density at radius 1 is 1.24 bits per heavy atom. The average Bonchev–Trinajstić information content (AvgIpc) is 2.87. The Kier molecular flexibility index (Phi) is 4.60. The van der Waals surface area contributed by atoms with Crippen LogP contribution in [0.15, 0.2) is 33.8 Å². The predicted molar refractivity (Wildman–Crippen MR) is 84.4 cm³/mol. The molecule has 0 unspecified atom stereocenters. The zero-order valence-corrected chi connectivity index (χ0v) is 13.4. The van der Waals surface area contributed by atoms with Gasteiger partial charge in [-0.25, -0.2) is 4.63 Å². The number of benzene rings is 1. The van der Waals surface area contributed by atoms with Crippen LogP contribution in [0.5, 0.6) is 0 Å². The number of thioether (sulfide) groups is 1. The summed E-state index contributed by atoms with van der Waals surface area (Å²) < 4.78 is 4.77. The lowest BCUT2D eigenvalue weighted by Gasteiger charge is -2.31. The van der Waals surface area contributed by atoms with Crippen molar-refractivity contribution in [3.8, 4) is 0 Å². The normalized spacial score (nSPS) is 17.2. The minimum Gasteiger partial charge on any atom is -0.297 e. The van der Waals surface area contributed by atoms with Gasteiger partial charge < -0.3 is 0 Å². The summed E-state index contributed by atoms with van der Waals surface area (Å²) in [6.07, 6.45) is 2.45. The van der Waals surface area contributed by atoms with Crippen LogP contribution in [-0.4, -0.2) is 33.6 Å². The molecule has 5 heteroatoms. The molecule has 1 aromatic heterocycles. The van der Waals surface area contributed by atoms with Gasteiger partial charge in [-0.05, 0) is 51.9 Å². The van der Waals surface area contributed by atoms with Gasteiger partial charge in [-0.2, -0.15) is 0 Å². The average molecular weight is 303 g/mol. The number of likely N-dealkylation sites (tertiary alicyclic amines) is 1. The van der Waals surface area contributed by atoms with E-state index in [-0.39, 0.29) is 0 Å². The topological polar surface area (TPSA) is 42.2 Å². The number of aryl methyl sites for hydroxylation is 2. The van der Waals surface area contributed by atoms with Gasteiger partial charge in [0.2, 0.25) is 0 Å². The van der Waals surface area contributed by atoms with Crippen molar-refractivity contribution in [2.45, 2.75) is 43.4 Å². The molecule has 0 bridgehead atoms. The molecule has 2 heterocycles. The number of nitrogens with zero attached hydrogens (tertiary/aromatic N) is 3. The second kappa shape index (κ2) is 6.62. The highest BCUT2D eigenvalue weighted by Gasteiger charge is 2.21. The van der Waals surface area contributed by atoms with Crippen LogP contribution >= 0.6 is 11.8 Å². The first-order valence-corrected chi connectivity index (χ1v) is 8.32. The van der Waals surface area contributed by atoms with E-state index in [2.05, 4.69) is 46.4 Å². The van der Waals surface area contributed by atoms with E-state index >= 15 is 0 Å². The molecule has 1 aromatic carbocycles. The van der Waals surface area contributed by atoms with Gasteiger partial charge in [-0.15, -0.1) is 11.8 Å². The Bertz CT molecular complexity index is 591. The fourth-order valence-electron chi connectivity index (χ4n) is 2.67. The Labute approximate surface area is 129 Å². The van der Waals surface area contributed by atoms with Crippen molar-refractivity contribution in [1.82, 2.24) is 15.2 Å². The van der Waals surface area contributed by atoms with Gasteiger partial charge >= 0.3 is 0 Å². The SMILES string of the molecule is Cc1cccc(SC2CCN(Cc3nonc3C)CC2)c1. The van der Waals surface area contributed by atoms with Crippen LogP contribution in [0.25, 0.3) is 0 Å². The van der Waals surface area contributed by atoms with Crippen molar-refractivity contribution >= 4 is 11.8 Å². The van der Waals surface area contributed by atoms with Crippen molar-refractivity contribution in [1.29, 1.82) is 0 Å². The molecule has 0 atom stereocenters. The van der Waals surface area contributed by atoms with Crippen LogP contribution in [0.2, 0.25) is 0 Å². The molecule has 0 N–H and O–H groups in total. The van der Waals surface area contributed by atoms with Gasteiger partial charge in [0.15, 0.2) is 0 Å². The van der Waals surface area contributed by atoms with Gasteiger partial charge in [0.25, 0.3) is 0 Å².